The SMILES string of the molecule is CC(C)(C)NC(=O)CN1CCN(C2CNC2)CC1. The highest BCUT2D eigenvalue weighted by Gasteiger charge is 2.28. The van der Waals surface area contributed by atoms with Gasteiger partial charge in [-0.15, -0.1) is 0 Å². The van der Waals surface area contributed by atoms with Crippen LogP contribution in [0.3, 0.4) is 0 Å². The molecule has 0 aliphatic carbocycles. The summed E-state index contributed by atoms with van der Waals surface area (Å²) in [5.74, 6) is 0.140. The number of nitrogens with one attached hydrogen (secondary N) is 2. The highest BCUT2D eigenvalue weighted by molar-refractivity contribution is 5.78. The zero-order valence-corrected chi connectivity index (χ0v) is 11.8. The Bertz CT molecular complexity index is 288. The number of hydrogen-bond donors (Lipinski definition) is 2. The molecule has 1 amide bonds. The van der Waals surface area contributed by atoms with E-state index in [2.05, 4.69) is 20.4 Å². The molecule has 0 atom stereocenters. The van der Waals surface area contributed by atoms with Crippen molar-refractivity contribution in [2.45, 2.75) is 32.4 Å². The highest BCUT2D eigenvalue weighted by Crippen LogP contribution is 2.09. The molecular weight excluding hydrogens is 228 g/mol. The number of carbonyl (C=O) groups excluding carboxylic acids is 1. The van der Waals surface area contributed by atoms with Crippen LogP contribution in [-0.2, 0) is 4.79 Å². The molecule has 0 bridgehead atoms. The Hall–Kier alpha value is -0.650. The fourth-order valence-electron chi connectivity index (χ4n) is 2.48. The number of nitrogens with zero attached hydrogens (tertiary/aromatic N) is 2. The molecule has 2 aliphatic rings. The molecule has 104 valence electrons. The molecule has 0 radical (unpaired) electrons. The molecule has 2 fully saturated rings. The van der Waals surface area contributed by atoms with Gasteiger partial charge in [0.15, 0.2) is 0 Å². The predicted molar refractivity (Wildman–Crippen MR) is 72.6 cm³/mol. The maximum Gasteiger partial charge on any atom is 0.234 e. The minimum atomic E-state index is -0.128. The van der Waals surface area contributed by atoms with E-state index in [0.29, 0.717) is 6.54 Å². The first-order valence-electron chi connectivity index (χ1n) is 6.92. The largest absolute Gasteiger partial charge is 0.350 e. The predicted octanol–water partition coefficient (Wildman–Crippen LogP) is -0.509. The molecule has 5 heteroatoms. The van der Waals surface area contributed by atoms with E-state index >= 15 is 0 Å². The van der Waals surface area contributed by atoms with E-state index in [9.17, 15) is 4.79 Å². The second kappa shape index (κ2) is 5.55. The van der Waals surface area contributed by atoms with E-state index in [4.69, 9.17) is 0 Å². The molecule has 2 aliphatic heterocycles. The summed E-state index contributed by atoms with van der Waals surface area (Å²) in [6, 6.07) is 0.732. The van der Waals surface area contributed by atoms with Crippen molar-refractivity contribution < 1.29 is 4.79 Å². The molecule has 0 saturated carbocycles. The van der Waals surface area contributed by atoms with Gasteiger partial charge in [-0.2, -0.15) is 0 Å². The Morgan fingerprint density at radius 2 is 1.83 bits per heavy atom. The van der Waals surface area contributed by atoms with Gasteiger partial charge in [-0.25, -0.2) is 0 Å². The monoisotopic (exact) mass is 254 g/mol. The van der Waals surface area contributed by atoms with Crippen LogP contribution in [0.5, 0.6) is 0 Å². The standard InChI is InChI=1S/C13H26N4O/c1-13(2,3)15-12(18)10-16-4-6-17(7-5-16)11-8-14-9-11/h11,14H,4-10H2,1-3H3,(H,15,18). The van der Waals surface area contributed by atoms with Gasteiger partial charge in [-0.3, -0.25) is 14.6 Å². The van der Waals surface area contributed by atoms with E-state index < -0.39 is 0 Å². The van der Waals surface area contributed by atoms with Crippen molar-refractivity contribution in [1.29, 1.82) is 0 Å². The van der Waals surface area contributed by atoms with Crippen molar-refractivity contribution in [2.24, 2.45) is 0 Å². The van der Waals surface area contributed by atoms with E-state index in [1.807, 2.05) is 20.8 Å². The van der Waals surface area contributed by atoms with Crippen LogP contribution in [0.2, 0.25) is 0 Å². The van der Waals surface area contributed by atoms with Gasteiger partial charge in [0.05, 0.1) is 6.54 Å². The minimum Gasteiger partial charge on any atom is -0.350 e. The molecule has 5 nitrogen and oxygen atoms in total. The number of rotatable bonds is 3. The maximum atomic E-state index is 11.8. The zero-order chi connectivity index (χ0) is 13.2. The Kier molecular flexibility index (Phi) is 4.25. The van der Waals surface area contributed by atoms with E-state index in [-0.39, 0.29) is 11.4 Å². The summed E-state index contributed by atoms with van der Waals surface area (Å²) in [5.41, 5.74) is -0.128. The molecule has 0 aromatic carbocycles. The lowest BCUT2D eigenvalue weighted by Crippen LogP contribution is -2.62. The van der Waals surface area contributed by atoms with Crippen molar-refractivity contribution >= 4 is 5.91 Å². The lowest BCUT2D eigenvalue weighted by atomic mass is 10.1. The summed E-state index contributed by atoms with van der Waals surface area (Å²) in [6.45, 7) is 13.1. The number of carbonyl (C=O) groups is 1. The minimum absolute atomic E-state index is 0.128. The van der Waals surface area contributed by atoms with Crippen LogP contribution >= 0.6 is 0 Å². The number of hydrogen-bond acceptors (Lipinski definition) is 4. The molecule has 2 N–H and O–H groups in total. The third-order valence-corrected chi connectivity index (χ3v) is 3.56. The van der Waals surface area contributed by atoms with Crippen LogP contribution in [0.4, 0.5) is 0 Å². The van der Waals surface area contributed by atoms with Crippen molar-refractivity contribution in [3.8, 4) is 0 Å². The first-order chi connectivity index (χ1) is 8.44. The Morgan fingerprint density at radius 3 is 2.28 bits per heavy atom. The van der Waals surface area contributed by atoms with Crippen LogP contribution in [0.25, 0.3) is 0 Å². The van der Waals surface area contributed by atoms with Crippen LogP contribution < -0.4 is 10.6 Å². The Balaban J connectivity index is 1.68. The Labute approximate surface area is 110 Å². The number of amides is 1. The fourth-order valence-corrected chi connectivity index (χ4v) is 2.48. The topological polar surface area (TPSA) is 47.6 Å². The van der Waals surface area contributed by atoms with Crippen LogP contribution in [-0.4, -0.2) is 73.1 Å². The summed E-state index contributed by atoms with van der Waals surface area (Å²) < 4.78 is 0. The van der Waals surface area contributed by atoms with Crippen LogP contribution in [0.1, 0.15) is 20.8 Å². The first-order valence-corrected chi connectivity index (χ1v) is 6.92. The van der Waals surface area contributed by atoms with E-state index in [0.717, 1.165) is 45.3 Å². The lowest BCUT2D eigenvalue weighted by molar-refractivity contribution is -0.124. The average Bonchev–Trinajstić information content (AvgIpc) is 2.15. The van der Waals surface area contributed by atoms with Crippen molar-refractivity contribution in [1.82, 2.24) is 20.4 Å². The molecule has 0 spiro atoms. The van der Waals surface area contributed by atoms with Gasteiger partial charge in [0.1, 0.15) is 0 Å². The average molecular weight is 254 g/mol. The molecule has 0 aromatic heterocycles. The smallest absolute Gasteiger partial charge is 0.234 e. The van der Waals surface area contributed by atoms with Gasteiger partial charge in [0.25, 0.3) is 0 Å². The Morgan fingerprint density at radius 1 is 1.22 bits per heavy atom. The third-order valence-electron chi connectivity index (χ3n) is 3.56. The van der Waals surface area contributed by atoms with E-state index in [1.54, 1.807) is 0 Å². The summed E-state index contributed by atoms with van der Waals surface area (Å²) in [7, 11) is 0. The van der Waals surface area contributed by atoms with Gasteiger partial charge >= 0.3 is 0 Å². The summed E-state index contributed by atoms with van der Waals surface area (Å²) in [4.78, 5) is 16.6. The maximum absolute atomic E-state index is 11.8. The van der Waals surface area contributed by atoms with Crippen LogP contribution in [0, 0.1) is 0 Å². The molecule has 2 heterocycles. The molecule has 2 saturated heterocycles. The number of piperazine rings is 1. The zero-order valence-electron chi connectivity index (χ0n) is 11.8. The quantitative estimate of drug-likeness (QED) is 0.712. The summed E-state index contributed by atoms with van der Waals surface area (Å²) >= 11 is 0. The second-order valence-electron chi connectivity index (χ2n) is 6.42. The summed E-state index contributed by atoms with van der Waals surface area (Å²) in [6.07, 6.45) is 0. The normalized spacial score (nSPS) is 23.7. The van der Waals surface area contributed by atoms with Gasteiger partial charge in [-0.1, -0.05) is 0 Å². The molecule has 18 heavy (non-hydrogen) atoms. The van der Waals surface area contributed by atoms with Crippen molar-refractivity contribution in [3.63, 3.8) is 0 Å². The van der Waals surface area contributed by atoms with E-state index in [1.165, 1.54) is 0 Å². The third kappa shape index (κ3) is 3.93. The van der Waals surface area contributed by atoms with Gasteiger partial charge < -0.3 is 10.6 Å². The highest BCUT2D eigenvalue weighted by atomic mass is 16.2. The second-order valence-corrected chi connectivity index (χ2v) is 6.42. The van der Waals surface area contributed by atoms with Crippen molar-refractivity contribution in [2.75, 3.05) is 45.8 Å². The summed E-state index contributed by atoms with van der Waals surface area (Å²) in [5, 5.41) is 6.33. The molecule has 0 unspecified atom stereocenters. The van der Waals surface area contributed by atoms with Crippen LogP contribution in [0.15, 0.2) is 0 Å². The molecular formula is C13H26N4O. The molecule has 2 rings (SSSR count). The van der Waals surface area contributed by atoms with Gasteiger partial charge in [0, 0.05) is 50.8 Å². The van der Waals surface area contributed by atoms with Gasteiger partial charge in [-0.05, 0) is 20.8 Å². The van der Waals surface area contributed by atoms with Crippen molar-refractivity contribution in [3.05, 3.63) is 0 Å². The van der Waals surface area contributed by atoms with Gasteiger partial charge in [0.2, 0.25) is 5.91 Å². The fraction of sp³-hybridized carbons (Fsp3) is 0.923. The first kappa shape index (κ1) is 13.8. The lowest BCUT2D eigenvalue weighted by Gasteiger charge is -2.43. The molecule has 0 aromatic rings.